The van der Waals surface area contributed by atoms with Crippen LogP contribution in [0.1, 0.15) is 30.9 Å². The Kier molecular flexibility index (Phi) is 3.64. The summed E-state index contributed by atoms with van der Waals surface area (Å²) in [4.78, 5) is 11.4. The summed E-state index contributed by atoms with van der Waals surface area (Å²) < 4.78 is 0. The maximum absolute atomic E-state index is 11.5. The Morgan fingerprint density at radius 3 is 2.69 bits per heavy atom. The maximum Gasteiger partial charge on any atom is 0.237 e. The quantitative estimate of drug-likeness (QED) is 0.829. The lowest BCUT2D eigenvalue weighted by atomic mass is 9.91. The Labute approximate surface area is 105 Å². The van der Waals surface area contributed by atoms with Gasteiger partial charge in [-0.2, -0.15) is 0 Å². The number of hydrogen-bond donors (Lipinski definition) is 1. The number of carbonyl (C=O) groups is 1. The number of amides is 1. The zero-order chi connectivity index (χ0) is 11.5. The number of fused-ring (bicyclic) bond motifs is 1. The monoisotopic (exact) mass is 281 g/mol. The second-order valence-electron chi connectivity index (χ2n) is 4.30. The highest BCUT2D eigenvalue weighted by atomic mass is 79.9. The third kappa shape index (κ3) is 2.64. The van der Waals surface area contributed by atoms with E-state index >= 15 is 0 Å². The second kappa shape index (κ2) is 5.00. The molecule has 2 nitrogen and oxygen atoms in total. The first kappa shape index (κ1) is 11.6. The summed E-state index contributed by atoms with van der Waals surface area (Å²) in [6, 6.07) is 6.25. The molecule has 0 heterocycles. The van der Waals surface area contributed by atoms with Gasteiger partial charge in [0.1, 0.15) is 0 Å². The van der Waals surface area contributed by atoms with Crippen LogP contribution in [0, 0.1) is 0 Å². The van der Waals surface area contributed by atoms with Crippen LogP contribution < -0.4 is 5.32 Å². The number of benzene rings is 1. The third-order valence-electron chi connectivity index (χ3n) is 2.98. The molecule has 1 amide bonds. The summed E-state index contributed by atoms with van der Waals surface area (Å²) in [5.74, 6) is 0.00996. The van der Waals surface area contributed by atoms with Crippen molar-refractivity contribution in [3.05, 3.63) is 29.3 Å². The first-order valence-electron chi connectivity index (χ1n) is 5.73. The van der Waals surface area contributed by atoms with Gasteiger partial charge in [0.25, 0.3) is 0 Å². The minimum Gasteiger partial charge on any atom is -0.325 e. The third-order valence-corrected chi connectivity index (χ3v) is 3.39. The Bertz CT molecular complexity index is 401. The molecule has 1 aliphatic rings. The lowest BCUT2D eigenvalue weighted by Crippen LogP contribution is -2.20. The molecule has 86 valence electrons. The van der Waals surface area contributed by atoms with Gasteiger partial charge in [0.05, 0.1) is 4.83 Å². The van der Waals surface area contributed by atoms with Gasteiger partial charge >= 0.3 is 0 Å². The molecule has 0 aliphatic heterocycles. The molecule has 16 heavy (non-hydrogen) atoms. The van der Waals surface area contributed by atoms with Crippen molar-refractivity contribution >= 4 is 27.5 Å². The molecule has 1 aromatic rings. The molecule has 2 rings (SSSR count). The minimum absolute atomic E-state index is 0.00996. The smallest absolute Gasteiger partial charge is 0.237 e. The number of rotatable bonds is 2. The molecule has 0 radical (unpaired) electrons. The first-order chi connectivity index (χ1) is 7.66. The van der Waals surface area contributed by atoms with E-state index in [9.17, 15) is 4.79 Å². The fourth-order valence-electron chi connectivity index (χ4n) is 2.05. The summed E-state index contributed by atoms with van der Waals surface area (Å²) >= 11 is 3.26. The van der Waals surface area contributed by atoms with Crippen LogP contribution in [0.15, 0.2) is 18.2 Å². The van der Waals surface area contributed by atoms with E-state index in [0.717, 1.165) is 12.1 Å². The molecule has 1 aliphatic carbocycles. The van der Waals surface area contributed by atoms with E-state index in [0.29, 0.717) is 0 Å². The largest absolute Gasteiger partial charge is 0.325 e. The molecule has 0 spiro atoms. The van der Waals surface area contributed by atoms with Crippen LogP contribution in [0.2, 0.25) is 0 Å². The molecule has 0 bridgehead atoms. The van der Waals surface area contributed by atoms with E-state index in [-0.39, 0.29) is 10.7 Å². The second-order valence-corrected chi connectivity index (χ2v) is 5.67. The first-order valence-corrected chi connectivity index (χ1v) is 6.65. The predicted molar refractivity (Wildman–Crippen MR) is 70.1 cm³/mol. The Morgan fingerprint density at radius 2 is 2.00 bits per heavy atom. The van der Waals surface area contributed by atoms with Crippen LogP contribution in [0.3, 0.4) is 0 Å². The minimum atomic E-state index is -0.150. The van der Waals surface area contributed by atoms with Gasteiger partial charge in [-0.25, -0.2) is 0 Å². The fourth-order valence-corrected chi connectivity index (χ4v) is 2.17. The summed E-state index contributed by atoms with van der Waals surface area (Å²) in [6.45, 7) is 1.83. The Balaban J connectivity index is 2.14. The van der Waals surface area contributed by atoms with Gasteiger partial charge in [-0.05, 0) is 55.9 Å². The average molecular weight is 282 g/mol. The van der Waals surface area contributed by atoms with E-state index in [4.69, 9.17) is 0 Å². The van der Waals surface area contributed by atoms with Crippen molar-refractivity contribution in [3.63, 3.8) is 0 Å². The molecular weight excluding hydrogens is 266 g/mol. The maximum atomic E-state index is 11.5. The van der Waals surface area contributed by atoms with Crippen LogP contribution in [0.25, 0.3) is 0 Å². The van der Waals surface area contributed by atoms with Crippen molar-refractivity contribution in [1.29, 1.82) is 0 Å². The number of anilines is 1. The van der Waals surface area contributed by atoms with Crippen LogP contribution in [0.5, 0.6) is 0 Å². The van der Waals surface area contributed by atoms with E-state index in [1.807, 2.05) is 13.0 Å². The highest BCUT2D eigenvalue weighted by Crippen LogP contribution is 2.24. The number of aryl methyl sites for hydroxylation is 2. The summed E-state index contributed by atoms with van der Waals surface area (Å²) in [5, 5.41) is 2.91. The highest BCUT2D eigenvalue weighted by molar-refractivity contribution is 9.10. The van der Waals surface area contributed by atoms with Gasteiger partial charge in [0.15, 0.2) is 0 Å². The van der Waals surface area contributed by atoms with Crippen LogP contribution in [-0.2, 0) is 17.6 Å². The van der Waals surface area contributed by atoms with Gasteiger partial charge in [0.2, 0.25) is 5.91 Å². The number of nitrogens with one attached hydrogen (secondary N) is 1. The van der Waals surface area contributed by atoms with Crippen LogP contribution in [0.4, 0.5) is 5.69 Å². The van der Waals surface area contributed by atoms with Crippen molar-refractivity contribution in [2.45, 2.75) is 37.4 Å². The zero-order valence-electron chi connectivity index (χ0n) is 9.42. The lowest BCUT2D eigenvalue weighted by Gasteiger charge is -2.17. The molecule has 1 N–H and O–H groups in total. The number of halogens is 1. The average Bonchev–Trinajstić information content (AvgIpc) is 2.28. The van der Waals surface area contributed by atoms with Gasteiger partial charge < -0.3 is 5.32 Å². The summed E-state index contributed by atoms with van der Waals surface area (Å²) in [6.07, 6.45) is 4.87. The molecule has 1 unspecified atom stereocenters. The van der Waals surface area contributed by atoms with E-state index in [1.165, 1.54) is 30.4 Å². The van der Waals surface area contributed by atoms with Crippen molar-refractivity contribution in [2.24, 2.45) is 0 Å². The molecule has 0 saturated carbocycles. The molecule has 3 heteroatoms. The molecule has 1 aromatic carbocycles. The highest BCUT2D eigenvalue weighted by Gasteiger charge is 2.12. The van der Waals surface area contributed by atoms with Gasteiger partial charge in [-0.15, -0.1) is 0 Å². The van der Waals surface area contributed by atoms with Crippen LogP contribution in [-0.4, -0.2) is 10.7 Å². The lowest BCUT2D eigenvalue weighted by molar-refractivity contribution is -0.115. The molecular formula is C13H16BrNO. The van der Waals surface area contributed by atoms with Crippen molar-refractivity contribution < 1.29 is 4.79 Å². The molecule has 0 fully saturated rings. The predicted octanol–water partition coefficient (Wildman–Crippen LogP) is 3.29. The van der Waals surface area contributed by atoms with Crippen molar-refractivity contribution in [3.8, 4) is 0 Å². The van der Waals surface area contributed by atoms with E-state index < -0.39 is 0 Å². The van der Waals surface area contributed by atoms with Crippen molar-refractivity contribution in [1.82, 2.24) is 0 Å². The molecule has 0 aromatic heterocycles. The van der Waals surface area contributed by atoms with Gasteiger partial charge in [0, 0.05) is 5.69 Å². The molecule has 1 atom stereocenters. The van der Waals surface area contributed by atoms with E-state index in [2.05, 4.69) is 33.4 Å². The van der Waals surface area contributed by atoms with Crippen LogP contribution >= 0.6 is 15.9 Å². The SMILES string of the molecule is CC(Br)C(=O)Nc1ccc2c(c1)CCCC2. The number of alkyl halides is 1. The number of carbonyl (C=O) groups excluding carboxylic acids is 1. The van der Waals surface area contributed by atoms with Gasteiger partial charge in [-0.3, -0.25) is 4.79 Å². The number of hydrogen-bond acceptors (Lipinski definition) is 1. The zero-order valence-corrected chi connectivity index (χ0v) is 11.0. The fraction of sp³-hybridized carbons (Fsp3) is 0.462. The normalized spacial score (nSPS) is 16.4. The Morgan fingerprint density at radius 1 is 1.31 bits per heavy atom. The molecule has 0 saturated heterocycles. The van der Waals surface area contributed by atoms with Crippen molar-refractivity contribution in [2.75, 3.05) is 5.32 Å². The van der Waals surface area contributed by atoms with Gasteiger partial charge in [-0.1, -0.05) is 22.0 Å². The summed E-state index contributed by atoms with van der Waals surface area (Å²) in [5.41, 5.74) is 3.75. The topological polar surface area (TPSA) is 29.1 Å². The summed E-state index contributed by atoms with van der Waals surface area (Å²) in [7, 11) is 0. The standard InChI is InChI=1S/C13H16BrNO/c1-9(14)13(16)15-12-7-6-10-4-2-3-5-11(10)8-12/h6-9H,2-5H2,1H3,(H,15,16). The van der Waals surface area contributed by atoms with E-state index in [1.54, 1.807) is 0 Å². The Hall–Kier alpha value is -0.830.